The van der Waals surface area contributed by atoms with Crippen LogP contribution in [0, 0.1) is 0 Å². The summed E-state index contributed by atoms with van der Waals surface area (Å²) in [6.07, 6.45) is 0.934. The fraction of sp³-hybridized carbons (Fsp3) is 0.588. The molecule has 1 aliphatic rings. The number of nitrogens with one attached hydrogen (secondary N) is 1. The van der Waals surface area contributed by atoms with Gasteiger partial charge in [-0.2, -0.15) is 0 Å². The molecular weight excluding hydrogens is 399 g/mol. The van der Waals surface area contributed by atoms with Gasteiger partial charge in [0.25, 0.3) is 0 Å². The van der Waals surface area contributed by atoms with E-state index in [4.69, 9.17) is 27.9 Å². The van der Waals surface area contributed by atoms with Crippen molar-refractivity contribution in [2.75, 3.05) is 13.1 Å². The number of hydrogen-bond donors (Lipinski definition) is 1. The molecule has 6 nitrogen and oxygen atoms in total. The second kappa shape index (κ2) is 8.33. The molecule has 1 aliphatic heterocycles. The minimum Gasteiger partial charge on any atom is -0.444 e. The summed E-state index contributed by atoms with van der Waals surface area (Å²) in [5.74, 6) is -0.244. The minimum atomic E-state index is -3.61. The van der Waals surface area contributed by atoms with Crippen LogP contribution in [0.25, 0.3) is 0 Å². The van der Waals surface area contributed by atoms with Gasteiger partial charge in [0.1, 0.15) is 5.60 Å². The smallest absolute Gasteiger partial charge is 0.410 e. The minimum absolute atomic E-state index is 0.244. The van der Waals surface area contributed by atoms with Crippen LogP contribution in [0.5, 0.6) is 0 Å². The van der Waals surface area contributed by atoms with Crippen molar-refractivity contribution in [3.05, 3.63) is 33.8 Å². The quantitative estimate of drug-likeness (QED) is 0.799. The van der Waals surface area contributed by atoms with Gasteiger partial charge >= 0.3 is 6.09 Å². The molecule has 1 aromatic carbocycles. The number of benzene rings is 1. The van der Waals surface area contributed by atoms with E-state index in [0.29, 0.717) is 35.0 Å². The van der Waals surface area contributed by atoms with Crippen LogP contribution in [0.1, 0.15) is 39.2 Å². The second-order valence-electron chi connectivity index (χ2n) is 7.38. The molecule has 146 valence electrons. The Morgan fingerprint density at radius 3 is 2.65 bits per heavy atom. The van der Waals surface area contributed by atoms with E-state index in [1.165, 1.54) is 11.0 Å². The lowest BCUT2D eigenvalue weighted by Crippen LogP contribution is -2.50. The fourth-order valence-corrected chi connectivity index (χ4v) is 4.70. The van der Waals surface area contributed by atoms with Crippen LogP contribution in [-0.2, 0) is 20.5 Å². The van der Waals surface area contributed by atoms with Gasteiger partial charge in [-0.25, -0.2) is 17.9 Å². The number of carbonyl (C=O) groups is 1. The van der Waals surface area contributed by atoms with Gasteiger partial charge in [0.15, 0.2) is 0 Å². The van der Waals surface area contributed by atoms with Crippen molar-refractivity contribution in [1.29, 1.82) is 0 Å². The summed E-state index contributed by atoms with van der Waals surface area (Å²) in [4.78, 5) is 13.7. The van der Waals surface area contributed by atoms with Gasteiger partial charge < -0.3 is 9.64 Å². The summed E-state index contributed by atoms with van der Waals surface area (Å²) in [6.45, 7) is 6.22. The zero-order valence-electron chi connectivity index (χ0n) is 15.1. The molecule has 0 radical (unpaired) electrons. The summed E-state index contributed by atoms with van der Waals surface area (Å²) in [5, 5.41) is 0.756. The molecule has 1 fully saturated rings. The normalized spacial score (nSPS) is 18.7. The van der Waals surface area contributed by atoms with Crippen molar-refractivity contribution in [2.45, 2.75) is 51.0 Å². The van der Waals surface area contributed by atoms with Crippen LogP contribution < -0.4 is 4.72 Å². The van der Waals surface area contributed by atoms with E-state index < -0.39 is 21.7 Å². The molecule has 2 rings (SSSR count). The molecule has 0 aromatic heterocycles. The number of rotatable bonds is 4. The highest BCUT2D eigenvalue weighted by molar-refractivity contribution is 7.88. The second-order valence-corrected chi connectivity index (χ2v) is 9.98. The number of amides is 1. The lowest BCUT2D eigenvalue weighted by atomic mass is 10.1. The lowest BCUT2D eigenvalue weighted by Gasteiger charge is -2.34. The first kappa shape index (κ1) is 21.3. The molecule has 0 bridgehead atoms. The molecule has 9 heteroatoms. The highest BCUT2D eigenvalue weighted by Gasteiger charge is 2.29. The van der Waals surface area contributed by atoms with E-state index in [9.17, 15) is 13.2 Å². The van der Waals surface area contributed by atoms with E-state index in [1.54, 1.807) is 32.9 Å². The number of halogens is 2. The molecule has 1 aromatic rings. The van der Waals surface area contributed by atoms with E-state index >= 15 is 0 Å². The molecule has 1 amide bonds. The van der Waals surface area contributed by atoms with Gasteiger partial charge in [0, 0.05) is 29.2 Å². The SMILES string of the molecule is CC(C)(C)OC(=O)N1CCCC(NS(=O)(=O)Cc2ccc(Cl)cc2Cl)C1. The summed E-state index contributed by atoms with van der Waals surface area (Å²) in [7, 11) is -3.61. The third kappa shape index (κ3) is 6.61. The zero-order chi connectivity index (χ0) is 19.5. The number of piperidine rings is 1. The Kier molecular flexibility index (Phi) is 6.82. The summed E-state index contributed by atoms with van der Waals surface area (Å²) < 4.78 is 33.0. The number of nitrogens with zero attached hydrogens (tertiary/aromatic N) is 1. The molecule has 0 saturated carbocycles. The van der Waals surface area contributed by atoms with E-state index in [2.05, 4.69) is 4.72 Å². The predicted octanol–water partition coefficient (Wildman–Crippen LogP) is 3.81. The molecule has 26 heavy (non-hydrogen) atoms. The molecule has 1 saturated heterocycles. The summed E-state index contributed by atoms with van der Waals surface area (Å²) in [6, 6.07) is 4.35. The Labute approximate surface area is 164 Å². The van der Waals surface area contributed by atoms with Crippen LogP contribution in [0.15, 0.2) is 18.2 Å². The highest BCUT2D eigenvalue weighted by atomic mass is 35.5. The monoisotopic (exact) mass is 422 g/mol. The Hall–Kier alpha value is -1.02. The first-order valence-corrected chi connectivity index (χ1v) is 10.8. The molecule has 0 spiro atoms. The van der Waals surface area contributed by atoms with E-state index in [1.807, 2.05) is 0 Å². The van der Waals surface area contributed by atoms with Gasteiger partial charge in [-0.1, -0.05) is 29.3 Å². The van der Waals surface area contributed by atoms with Crippen molar-refractivity contribution in [3.63, 3.8) is 0 Å². The third-order valence-electron chi connectivity index (χ3n) is 3.78. The molecule has 1 unspecified atom stereocenters. The molecule has 1 heterocycles. The standard InChI is InChI=1S/C17H24Cl2N2O4S/c1-17(2,3)25-16(22)21-8-4-5-14(10-21)20-26(23,24)11-12-6-7-13(18)9-15(12)19/h6-7,9,14,20H,4-5,8,10-11H2,1-3H3. The average Bonchev–Trinajstić information content (AvgIpc) is 2.48. The van der Waals surface area contributed by atoms with Gasteiger partial charge in [0.05, 0.1) is 5.75 Å². The van der Waals surface area contributed by atoms with Crippen molar-refractivity contribution in [1.82, 2.24) is 9.62 Å². The topological polar surface area (TPSA) is 75.7 Å². The summed E-state index contributed by atoms with van der Waals surface area (Å²) in [5.41, 5.74) is -0.113. The zero-order valence-corrected chi connectivity index (χ0v) is 17.4. The van der Waals surface area contributed by atoms with Gasteiger partial charge in [-0.15, -0.1) is 0 Å². The van der Waals surface area contributed by atoms with Crippen LogP contribution in [-0.4, -0.2) is 44.1 Å². The number of sulfonamides is 1. The van der Waals surface area contributed by atoms with Gasteiger partial charge in [0.2, 0.25) is 10.0 Å². The predicted molar refractivity (Wildman–Crippen MR) is 103 cm³/mol. The molecule has 0 aliphatic carbocycles. The average molecular weight is 423 g/mol. The number of likely N-dealkylation sites (tertiary alicyclic amines) is 1. The third-order valence-corrected chi connectivity index (χ3v) is 5.75. The highest BCUT2D eigenvalue weighted by Crippen LogP contribution is 2.23. The van der Waals surface area contributed by atoms with Crippen molar-refractivity contribution < 1.29 is 17.9 Å². The van der Waals surface area contributed by atoms with Crippen molar-refractivity contribution in [3.8, 4) is 0 Å². The van der Waals surface area contributed by atoms with Crippen LogP contribution in [0.3, 0.4) is 0 Å². The van der Waals surface area contributed by atoms with Crippen molar-refractivity contribution >= 4 is 39.3 Å². The molecule has 1 atom stereocenters. The maximum absolute atomic E-state index is 12.5. The largest absolute Gasteiger partial charge is 0.444 e. The van der Waals surface area contributed by atoms with Gasteiger partial charge in [-0.05, 0) is 51.3 Å². The van der Waals surface area contributed by atoms with E-state index in [0.717, 1.165) is 0 Å². The van der Waals surface area contributed by atoms with Crippen LogP contribution in [0.4, 0.5) is 4.79 Å². The number of hydrogen-bond acceptors (Lipinski definition) is 4. The number of carbonyl (C=O) groups excluding carboxylic acids is 1. The van der Waals surface area contributed by atoms with E-state index in [-0.39, 0.29) is 18.3 Å². The maximum atomic E-state index is 12.5. The first-order valence-electron chi connectivity index (χ1n) is 8.37. The van der Waals surface area contributed by atoms with Gasteiger partial charge in [-0.3, -0.25) is 0 Å². The lowest BCUT2D eigenvalue weighted by molar-refractivity contribution is 0.0195. The van der Waals surface area contributed by atoms with Crippen molar-refractivity contribution in [2.24, 2.45) is 0 Å². The Morgan fingerprint density at radius 1 is 1.35 bits per heavy atom. The summed E-state index contributed by atoms with van der Waals surface area (Å²) >= 11 is 11.9. The number of ether oxygens (including phenoxy) is 1. The fourth-order valence-electron chi connectivity index (χ4n) is 2.70. The molecule has 1 N–H and O–H groups in total. The Morgan fingerprint density at radius 2 is 2.04 bits per heavy atom. The first-order chi connectivity index (χ1) is 12.0. The maximum Gasteiger partial charge on any atom is 0.410 e. The van der Waals surface area contributed by atoms with Crippen LogP contribution >= 0.6 is 23.2 Å². The Balaban J connectivity index is 1.99. The van der Waals surface area contributed by atoms with Crippen LogP contribution in [0.2, 0.25) is 10.0 Å². The molecular formula is C17H24Cl2N2O4S. The Bertz CT molecular complexity index is 763.